The van der Waals surface area contributed by atoms with E-state index in [0.29, 0.717) is 10.6 Å². The van der Waals surface area contributed by atoms with E-state index in [1.807, 2.05) is 0 Å². The Morgan fingerprint density at radius 2 is 1.88 bits per heavy atom. The predicted octanol–water partition coefficient (Wildman–Crippen LogP) is 3.63. The van der Waals surface area contributed by atoms with E-state index in [2.05, 4.69) is 5.43 Å². The quantitative estimate of drug-likeness (QED) is 0.880. The SMILES string of the molecule is CC(C)N1NC(c2ccc(F)cc2)c2cc(Cl)ccc2CS1(=O)=O. The number of hydrogen-bond donors (Lipinski definition) is 1. The number of hydrogen-bond acceptors (Lipinski definition) is 3. The highest BCUT2D eigenvalue weighted by molar-refractivity contribution is 7.88. The third-order valence-corrected chi connectivity index (χ3v) is 6.02. The van der Waals surface area contributed by atoms with Crippen LogP contribution in [0, 0.1) is 5.82 Å². The van der Waals surface area contributed by atoms with Crippen molar-refractivity contribution in [1.29, 1.82) is 0 Å². The highest BCUT2D eigenvalue weighted by atomic mass is 35.5. The molecule has 4 nitrogen and oxygen atoms in total. The standard InChI is InChI=1S/C17H18ClFN2O2S/c1-11(2)21-20-17(12-4-7-15(19)8-5-12)16-9-14(18)6-3-13(16)10-24(21,22)23/h3-9,11,17,20H,10H2,1-2H3. The van der Waals surface area contributed by atoms with Crippen LogP contribution in [-0.2, 0) is 15.8 Å². The zero-order valence-electron chi connectivity index (χ0n) is 13.3. The fraction of sp³-hybridized carbons (Fsp3) is 0.294. The van der Waals surface area contributed by atoms with E-state index >= 15 is 0 Å². The molecule has 7 heteroatoms. The van der Waals surface area contributed by atoms with Crippen LogP contribution >= 0.6 is 11.6 Å². The summed E-state index contributed by atoms with van der Waals surface area (Å²) < 4.78 is 39.9. The van der Waals surface area contributed by atoms with Gasteiger partial charge in [0.1, 0.15) is 5.82 Å². The smallest absolute Gasteiger partial charge is 0.229 e. The Kier molecular flexibility index (Phi) is 4.66. The zero-order chi connectivity index (χ0) is 17.5. The minimum Gasteiger partial charge on any atom is -0.229 e. The van der Waals surface area contributed by atoms with Gasteiger partial charge in [-0.15, -0.1) is 4.41 Å². The Balaban J connectivity index is 2.18. The van der Waals surface area contributed by atoms with Gasteiger partial charge < -0.3 is 0 Å². The van der Waals surface area contributed by atoms with Gasteiger partial charge in [-0.1, -0.05) is 29.8 Å². The molecule has 2 aromatic rings. The first-order chi connectivity index (χ1) is 11.3. The fourth-order valence-electron chi connectivity index (χ4n) is 2.89. The van der Waals surface area contributed by atoms with Crippen molar-refractivity contribution in [2.75, 3.05) is 0 Å². The molecule has 0 saturated carbocycles. The molecule has 0 spiro atoms. The summed E-state index contributed by atoms with van der Waals surface area (Å²) in [6.07, 6.45) is 0. The van der Waals surface area contributed by atoms with Crippen LogP contribution in [0.2, 0.25) is 5.02 Å². The van der Waals surface area contributed by atoms with E-state index in [1.54, 1.807) is 44.2 Å². The normalized spacial score (nSPS) is 20.6. The highest BCUT2D eigenvalue weighted by Crippen LogP contribution is 2.33. The molecule has 0 aromatic heterocycles. The summed E-state index contributed by atoms with van der Waals surface area (Å²) in [4.78, 5) is 0. The molecule has 3 rings (SSSR count). The average Bonchev–Trinajstić information content (AvgIpc) is 2.61. The van der Waals surface area contributed by atoms with E-state index in [4.69, 9.17) is 11.6 Å². The lowest BCUT2D eigenvalue weighted by Gasteiger charge is -2.29. The molecule has 0 bridgehead atoms. The number of fused-ring (bicyclic) bond motifs is 1. The largest absolute Gasteiger partial charge is 0.231 e. The predicted molar refractivity (Wildman–Crippen MR) is 92.4 cm³/mol. The van der Waals surface area contributed by atoms with Crippen molar-refractivity contribution in [2.45, 2.75) is 31.7 Å². The molecule has 24 heavy (non-hydrogen) atoms. The van der Waals surface area contributed by atoms with Crippen LogP contribution in [-0.4, -0.2) is 18.9 Å². The van der Waals surface area contributed by atoms with Crippen molar-refractivity contribution in [3.8, 4) is 0 Å². The summed E-state index contributed by atoms with van der Waals surface area (Å²) in [6.45, 7) is 3.60. The van der Waals surface area contributed by atoms with Crippen molar-refractivity contribution < 1.29 is 12.8 Å². The summed E-state index contributed by atoms with van der Waals surface area (Å²) in [5.74, 6) is -0.449. The lowest BCUT2D eigenvalue weighted by atomic mass is 9.95. The minimum atomic E-state index is -3.53. The van der Waals surface area contributed by atoms with Crippen LogP contribution in [0.4, 0.5) is 4.39 Å². The lowest BCUT2D eigenvalue weighted by molar-refractivity contribution is 0.248. The van der Waals surface area contributed by atoms with Crippen molar-refractivity contribution in [2.24, 2.45) is 0 Å². The topological polar surface area (TPSA) is 49.4 Å². The molecule has 0 fully saturated rings. The Labute approximate surface area is 146 Å². The first-order valence-corrected chi connectivity index (χ1v) is 9.59. The molecule has 1 heterocycles. The summed E-state index contributed by atoms with van der Waals surface area (Å²) in [7, 11) is -3.53. The Morgan fingerprint density at radius 3 is 2.50 bits per heavy atom. The van der Waals surface area contributed by atoms with Gasteiger partial charge in [-0.2, -0.15) is 0 Å². The Hall–Kier alpha value is -1.47. The van der Waals surface area contributed by atoms with E-state index in [1.165, 1.54) is 16.5 Å². The molecule has 1 aliphatic heterocycles. The molecule has 1 N–H and O–H groups in total. The van der Waals surface area contributed by atoms with E-state index in [0.717, 1.165) is 11.1 Å². The van der Waals surface area contributed by atoms with E-state index in [9.17, 15) is 12.8 Å². The fourth-order valence-corrected chi connectivity index (χ4v) is 4.77. The molecule has 0 saturated heterocycles. The summed E-state index contributed by atoms with van der Waals surface area (Å²) in [5.41, 5.74) is 5.32. The van der Waals surface area contributed by atoms with Gasteiger partial charge in [0, 0.05) is 11.1 Å². The zero-order valence-corrected chi connectivity index (χ0v) is 14.9. The number of benzene rings is 2. The van der Waals surface area contributed by atoms with Crippen LogP contribution in [0.15, 0.2) is 42.5 Å². The Bertz CT molecular complexity index is 853. The van der Waals surface area contributed by atoms with Gasteiger partial charge >= 0.3 is 0 Å². The van der Waals surface area contributed by atoms with Gasteiger partial charge in [-0.05, 0) is 54.8 Å². The van der Waals surface area contributed by atoms with Crippen LogP contribution in [0.1, 0.15) is 36.6 Å². The van der Waals surface area contributed by atoms with Crippen molar-refractivity contribution in [3.63, 3.8) is 0 Å². The maximum absolute atomic E-state index is 13.3. The molecule has 0 amide bonds. The average molecular weight is 369 g/mol. The summed E-state index contributed by atoms with van der Waals surface area (Å²) in [6, 6.07) is 10.5. The van der Waals surface area contributed by atoms with Crippen LogP contribution in [0.25, 0.3) is 0 Å². The molecule has 0 aliphatic carbocycles. The first-order valence-electron chi connectivity index (χ1n) is 7.60. The molecule has 1 aliphatic rings. The summed E-state index contributed by atoms with van der Waals surface area (Å²) >= 11 is 6.13. The molecule has 2 aromatic carbocycles. The number of halogens is 2. The van der Waals surface area contributed by atoms with Crippen LogP contribution < -0.4 is 5.43 Å². The lowest BCUT2D eigenvalue weighted by Crippen LogP contribution is -2.47. The first kappa shape index (κ1) is 17.4. The monoisotopic (exact) mass is 368 g/mol. The second-order valence-electron chi connectivity index (χ2n) is 6.10. The van der Waals surface area contributed by atoms with Crippen molar-refractivity contribution in [1.82, 2.24) is 9.84 Å². The van der Waals surface area contributed by atoms with Crippen molar-refractivity contribution >= 4 is 21.6 Å². The van der Waals surface area contributed by atoms with Crippen molar-refractivity contribution in [3.05, 3.63) is 70.0 Å². The number of rotatable bonds is 2. The summed E-state index contributed by atoms with van der Waals surface area (Å²) in [5, 5.41) is 0.526. The molecule has 0 radical (unpaired) electrons. The van der Waals surface area contributed by atoms with E-state index in [-0.39, 0.29) is 17.6 Å². The van der Waals surface area contributed by atoms with Gasteiger partial charge in [0.25, 0.3) is 0 Å². The number of nitrogens with one attached hydrogen (secondary N) is 1. The molecular weight excluding hydrogens is 351 g/mol. The Morgan fingerprint density at radius 1 is 1.21 bits per heavy atom. The van der Waals surface area contributed by atoms with Gasteiger partial charge in [0.05, 0.1) is 11.8 Å². The van der Waals surface area contributed by atoms with Gasteiger partial charge in [-0.3, -0.25) is 0 Å². The molecular formula is C17H18ClFN2O2S. The molecule has 128 valence electrons. The van der Waals surface area contributed by atoms with Gasteiger partial charge in [0.2, 0.25) is 10.0 Å². The second kappa shape index (κ2) is 6.44. The number of hydrazine groups is 1. The third kappa shape index (κ3) is 3.32. The van der Waals surface area contributed by atoms with Crippen LogP contribution in [0.3, 0.4) is 0 Å². The maximum atomic E-state index is 13.3. The number of nitrogens with zero attached hydrogens (tertiary/aromatic N) is 1. The second-order valence-corrected chi connectivity index (χ2v) is 8.38. The van der Waals surface area contributed by atoms with E-state index < -0.39 is 16.1 Å². The van der Waals surface area contributed by atoms with Gasteiger partial charge in [-0.25, -0.2) is 18.2 Å². The third-order valence-electron chi connectivity index (χ3n) is 3.99. The molecule has 1 atom stereocenters. The van der Waals surface area contributed by atoms with Crippen LogP contribution in [0.5, 0.6) is 0 Å². The maximum Gasteiger partial charge on any atom is 0.231 e. The number of sulfonamides is 1. The minimum absolute atomic E-state index is 0.109. The highest BCUT2D eigenvalue weighted by Gasteiger charge is 2.34. The van der Waals surface area contributed by atoms with Gasteiger partial charge in [0.15, 0.2) is 0 Å². The molecule has 1 unspecified atom stereocenters.